The van der Waals surface area contributed by atoms with Crippen LogP contribution in [-0.4, -0.2) is 12.6 Å². The second kappa shape index (κ2) is 12.5. The molecular formula is C16H28O2. The van der Waals surface area contributed by atoms with Crippen molar-refractivity contribution in [3.63, 3.8) is 0 Å². The SMILES string of the molecule is C=C(C)C(C=O)CCCCCCCCCCC=O. The fourth-order valence-corrected chi connectivity index (χ4v) is 2.08. The maximum absolute atomic E-state index is 10.8. The standard InChI is InChI=1S/C16H28O2/c1-15(2)16(14-18)12-10-8-6-4-3-5-7-9-11-13-17/h13-14,16H,1,3-12H2,2H3. The summed E-state index contributed by atoms with van der Waals surface area (Å²) in [5, 5.41) is 0. The minimum absolute atomic E-state index is 0.0633. The molecule has 0 aromatic carbocycles. The molecular weight excluding hydrogens is 224 g/mol. The maximum atomic E-state index is 10.8. The molecule has 0 aromatic rings. The van der Waals surface area contributed by atoms with E-state index in [0.717, 1.165) is 37.4 Å². The van der Waals surface area contributed by atoms with Crippen LogP contribution in [-0.2, 0) is 9.59 Å². The Morgan fingerprint density at radius 2 is 1.44 bits per heavy atom. The molecule has 0 aliphatic carbocycles. The van der Waals surface area contributed by atoms with E-state index in [1.54, 1.807) is 0 Å². The van der Waals surface area contributed by atoms with Gasteiger partial charge in [0.05, 0.1) is 0 Å². The van der Waals surface area contributed by atoms with Crippen molar-refractivity contribution in [2.75, 3.05) is 0 Å². The first-order chi connectivity index (χ1) is 8.72. The van der Waals surface area contributed by atoms with Crippen molar-refractivity contribution in [2.45, 2.75) is 71.1 Å². The lowest BCUT2D eigenvalue weighted by Crippen LogP contribution is -2.02. The van der Waals surface area contributed by atoms with E-state index < -0.39 is 0 Å². The van der Waals surface area contributed by atoms with Crippen LogP contribution in [0.2, 0.25) is 0 Å². The van der Waals surface area contributed by atoms with E-state index in [1.807, 2.05) is 6.92 Å². The molecule has 2 nitrogen and oxygen atoms in total. The zero-order chi connectivity index (χ0) is 13.6. The molecule has 0 rings (SSSR count). The molecule has 0 aliphatic heterocycles. The number of rotatable bonds is 13. The molecule has 104 valence electrons. The summed E-state index contributed by atoms with van der Waals surface area (Å²) in [7, 11) is 0. The molecule has 0 radical (unpaired) electrons. The van der Waals surface area contributed by atoms with Crippen LogP contribution in [0.5, 0.6) is 0 Å². The Hall–Kier alpha value is -0.920. The minimum atomic E-state index is 0.0633. The number of allylic oxidation sites excluding steroid dienone is 1. The molecule has 2 heteroatoms. The first-order valence-electron chi connectivity index (χ1n) is 7.26. The lowest BCUT2D eigenvalue weighted by Gasteiger charge is -2.09. The highest BCUT2D eigenvalue weighted by molar-refractivity contribution is 5.58. The molecule has 1 atom stereocenters. The van der Waals surface area contributed by atoms with Crippen LogP contribution in [0.15, 0.2) is 12.2 Å². The van der Waals surface area contributed by atoms with E-state index in [2.05, 4.69) is 6.58 Å². The Bertz CT molecular complexity index is 233. The molecule has 0 fully saturated rings. The van der Waals surface area contributed by atoms with Crippen molar-refractivity contribution in [1.29, 1.82) is 0 Å². The fraction of sp³-hybridized carbons (Fsp3) is 0.750. The Labute approximate surface area is 112 Å². The van der Waals surface area contributed by atoms with Crippen LogP contribution in [0, 0.1) is 5.92 Å². The Kier molecular flexibility index (Phi) is 11.9. The smallest absolute Gasteiger partial charge is 0.127 e. The van der Waals surface area contributed by atoms with Gasteiger partial charge >= 0.3 is 0 Å². The quantitative estimate of drug-likeness (QED) is 0.275. The molecule has 1 unspecified atom stereocenters. The van der Waals surface area contributed by atoms with E-state index in [1.165, 1.54) is 38.5 Å². The first kappa shape index (κ1) is 17.1. The largest absolute Gasteiger partial charge is 0.303 e. The average Bonchev–Trinajstić information content (AvgIpc) is 2.35. The van der Waals surface area contributed by atoms with Crippen LogP contribution in [0.4, 0.5) is 0 Å². The highest BCUT2D eigenvalue weighted by atomic mass is 16.1. The van der Waals surface area contributed by atoms with Crippen LogP contribution in [0.3, 0.4) is 0 Å². The van der Waals surface area contributed by atoms with Gasteiger partial charge in [-0.1, -0.05) is 57.1 Å². The van der Waals surface area contributed by atoms with Crippen molar-refractivity contribution in [1.82, 2.24) is 0 Å². The maximum Gasteiger partial charge on any atom is 0.127 e. The van der Waals surface area contributed by atoms with Gasteiger partial charge in [0.1, 0.15) is 12.6 Å². The summed E-state index contributed by atoms with van der Waals surface area (Å²) in [6.07, 6.45) is 13.3. The summed E-state index contributed by atoms with van der Waals surface area (Å²) >= 11 is 0. The number of hydrogen-bond donors (Lipinski definition) is 0. The van der Waals surface area contributed by atoms with E-state index in [9.17, 15) is 9.59 Å². The molecule has 0 amide bonds. The van der Waals surface area contributed by atoms with E-state index in [4.69, 9.17) is 0 Å². The summed E-state index contributed by atoms with van der Waals surface area (Å²) in [6.45, 7) is 5.76. The van der Waals surface area contributed by atoms with Gasteiger partial charge in [0.2, 0.25) is 0 Å². The Morgan fingerprint density at radius 1 is 0.944 bits per heavy atom. The van der Waals surface area contributed by atoms with E-state index in [0.29, 0.717) is 6.42 Å². The van der Waals surface area contributed by atoms with Gasteiger partial charge in [-0.25, -0.2) is 0 Å². The zero-order valence-corrected chi connectivity index (χ0v) is 11.8. The van der Waals surface area contributed by atoms with Gasteiger partial charge in [-0.2, -0.15) is 0 Å². The van der Waals surface area contributed by atoms with Crippen LogP contribution in [0.1, 0.15) is 71.1 Å². The lowest BCUT2D eigenvalue weighted by atomic mass is 9.96. The predicted molar refractivity (Wildman–Crippen MR) is 76.6 cm³/mol. The molecule has 0 saturated carbocycles. The number of aldehydes is 2. The molecule has 0 aromatic heterocycles. The topological polar surface area (TPSA) is 34.1 Å². The van der Waals surface area contributed by atoms with Crippen molar-refractivity contribution in [3.8, 4) is 0 Å². The Balaban J connectivity index is 3.22. The molecule has 0 bridgehead atoms. The first-order valence-corrected chi connectivity index (χ1v) is 7.26. The average molecular weight is 252 g/mol. The highest BCUT2D eigenvalue weighted by Crippen LogP contribution is 2.16. The van der Waals surface area contributed by atoms with Gasteiger partial charge in [0, 0.05) is 12.3 Å². The van der Waals surface area contributed by atoms with Crippen LogP contribution in [0.25, 0.3) is 0 Å². The van der Waals surface area contributed by atoms with Crippen molar-refractivity contribution >= 4 is 12.6 Å². The normalized spacial score (nSPS) is 12.1. The molecule has 0 saturated heterocycles. The summed E-state index contributed by atoms with van der Waals surface area (Å²) in [4.78, 5) is 20.9. The summed E-state index contributed by atoms with van der Waals surface area (Å²) in [5.41, 5.74) is 0.986. The van der Waals surface area contributed by atoms with Crippen molar-refractivity contribution < 1.29 is 9.59 Å². The second-order valence-corrected chi connectivity index (χ2v) is 5.16. The third-order valence-electron chi connectivity index (χ3n) is 3.38. The molecule has 0 heterocycles. The summed E-state index contributed by atoms with van der Waals surface area (Å²) in [6, 6.07) is 0. The molecule has 0 N–H and O–H groups in total. The van der Waals surface area contributed by atoms with Gasteiger partial charge in [-0.15, -0.1) is 0 Å². The Morgan fingerprint density at radius 3 is 1.89 bits per heavy atom. The van der Waals surface area contributed by atoms with Gasteiger partial charge in [0.15, 0.2) is 0 Å². The molecule has 0 aliphatic rings. The molecule has 18 heavy (non-hydrogen) atoms. The van der Waals surface area contributed by atoms with Gasteiger partial charge in [-0.05, 0) is 19.8 Å². The van der Waals surface area contributed by atoms with Crippen molar-refractivity contribution in [2.24, 2.45) is 5.92 Å². The second-order valence-electron chi connectivity index (χ2n) is 5.16. The summed E-state index contributed by atoms with van der Waals surface area (Å²) in [5.74, 6) is 0.0633. The number of carbonyl (C=O) groups is 2. The van der Waals surface area contributed by atoms with E-state index in [-0.39, 0.29) is 5.92 Å². The number of carbonyl (C=O) groups excluding carboxylic acids is 2. The minimum Gasteiger partial charge on any atom is -0.303 e. The predicted octanol–water partition coefficient (Wildman–Crippen LogP) is 4.48. The van der Waals surface area contributed by atoms with Gasteiger partial charge in [-0.3, -0.25) is 0 Å². The van der Waals surface area contributed by atoms with E-state index >= 15 is 0 Å². The summed E-state index contributed by atoms with van der Waals surface area (Å²) < 4.78 is 0. The van der Waals surface area contributed by atoms with Crippen molar-refractivity contribution in [3.05, 3.63) is 12.2 Å². The molecule has 0 spiro atoms. The number of hydrogen-bond acceptors (Lipinski definition) is 2. The highest BCUT2D eigenvalue weighted by Gasteiger charge is 2.06. The third-order valence-corrected chi connectivity index (χ3v) is 3.38. The van der Waals surface area contributed by atoms with Gasteiger partial charge in [0.25, 0.3) is 0 Å². The fourth-order valence-electron chi connectivity index (χ4n) is 2.08. The zero-order valence-electron chi connectivity index (χ0n) is 11.8. The monoisotopic (exact) mass is 252 g/mol. The van der Waals surface area contributed by atoms with Crippen LogP contribution < -0.4 is 0 Å². The van der Waals surface area contributed by atoms with Gasteiger partial charge < -0.3 is 9.59 Å². The number of unbranched alkanes of at least 4 members (excludes halogenated alkanes) is 8. The van der Waals surface area contributed by atoms with Crippen LogP contribution >= 0.6 is 0 Å². The lowest BCUT2D eigenvalue weighted by molar-refractivity contribution is -0.110. The third kappa shape index (κ3) is 10.2.